The Balaban J connectivity index is 1.02. The van der Waals surface area contributed by atoms with Gasteiger partial charge in [0.1, 0.15) is 48.3 Å². The van der Waals surface area contributed by atoms with Gasteiger partial charge in [0.15, 0.2) is 18.4 Å². The van der Waals surface area contributed by atoms with Crippen molar-refractivity contribution in [3.63, 3.8) is 0 Å². The number of aliphatic hydroxyl groups excluding tert-OH is 6. The Labute approximate surface area is 336 Å². The highest BCUT2D eigenvalue weighted by molar-refractivity contribution is 5.65. The first-order valence-corrected chi connectivity index (χ1v) is 21.6. The Hall–Kier alpha value is -1.05. The van der Waals surface area contributed by atoms with Gasteiger partial charge in [-0.05, 0) is 99.7 Å². The number of methoxy groups -OCH3 is 1. The third kappa shape index (κ3) is 7.23. The summed E-state index contributed by atoms with van der Waals surface area (Å²) in [4.78, 5) is 11.4. The van der Waals surface area contributed by atoms with Crippen LogP contribution >= 0.6 is 0 Å². The Bertz CT molecular complexity index is 1420. The number of carbonyl (C=O) groups is 1. The number of fused-ring (bicyclic) bond motifs is 7. The average molecular weight is 815 g/mol. The first-order valence-electron chi connectivity index (χ1n) is 21.6. The molecule has 7 aliphatic rings. The van der Waals surface area contributed by atoms with Crippen LogP contribution in [0.3, 0.4) is 0 Å². The summed E-state index contributed by atoms with van der Waals surface area (Å²) in [5, 5.41) is 76.0. The standard InChI is InChI=1S/C42H70O15/c1-20(19-52-23(4)44)10-15-41(51-7)22(3)42(50)30(57-41)17-28-26-9-8-24-16-25(11-13-39(24,5)27(26)12-14-40(28,42)6)54-38-36(34(48)32(46)29(18-43)55-38)56-37-35(49)33(47)31(45)21(2)53-37/h20-22,24-38,43,45-50H,8-19H2,1-7H3/t20-,21-,22-,24-,25-,26-,27-,28-,29-,30+,31-,32-,33+,34+,35-,36-,37+,38-,39-,40+,41+,42-/m0/s1. The van der Waals surface area contributed by atoms with Crippen LogP contribution in [0, 0.1) is 46.3 Å². The number of carbonyl (C=O) groups excluding carboxylic acids is 1. The second-order valence-corrected chi connectivity index (χ2v) is 19.5. The van der Waals surface area contributed by atoms with E-state index in [9.17, 15) is 40.5 Å². The van der Waals surface area contributed by atoms with Gasteiger partial charge in [-0.15, -0.1) is 0 Å². The molecule has 15 heteroatoms. The van der Waals surface area contributed by atoms with Gasteiger partial charge in [0.2, 0.25) is 0 Å². The lowest BCUT2D eigenvalue weighted by atomic mass is 9.44. The van der Waals surface area contributed by atoms with Crippen LogP contribution in [0.15, 0.2) is 0 Å². The molecule has 0 unspecified atom stereocenters. The maximum absolute atomic E-state index is 12.9. The summed E-state index contributed by atoms with van der Waals surface area (Å²) in [5.74, 6) is 0.223. The highest BCUT2D eigenvalue weighted by Crippen LogP contribution is 2.72. The van der Waals surface area contributed by atoms with Crippen LogP contribution in [-0.4, -0.2) is 147 Å². The molecule has 4 saturated carbocycles. The van der Waals surface area contributed by atoms with Gasteiger partial charge in [-0.1, -0.05) is 27.7 Å². The predicted molar refractivity (Wildman–Crippen MR) is 201 cm³/mol. The minimum absolute atomic E-state index is 0.0467. The molecule has 7 N–H and O–H groups in total. The summed E-state index contributed by atoms with van der Waals surface area (Å²) in [5.41, 5.74) is -1.33. The SMILES string of the molecule is CO[C@]1(CC[C@H](C)COC(C)=O)O[C@@H]2C[C@H]3[C@H]4CC[C@H]5C[C@@H](O[C@H]6O[C@@H](CO)[C@H](O)[C@@H](O)[C@@H]6O[C@H]6O[C@@H](C)[C@H](O)[C@@H](O)[C@@H]6O)CC[C@]5(C)[C@H]4CC[C@@]3(C)[C@]2(O)[C@H]1C. The molecule has 0 radical (unpaired) electrons. The molecule has 7 fully saturated rings. The molecule has 0 aromatic rings. The Morgan fingerprint density at radius 1 is 0.860 bits per heavy atom. The summed E-state index contributed by atoms with van der Waals surface area (Å²) in [6.07, 6.45) is -5.77. The molecule has 0 aromatic carbocycles. The fourth-order valence-electron chi connectivity index (χ4n) is 13.1. The van der Waals surface area contributed by atoms with Crippen LogP contribution in [0.1, 0.15) is 106 Å². The molecular weight excluding hydrogens is 744 g/mol. The molecule has 0 spiro atoms. The molecule has 22 atom stereocenters. The van der Waals surface area contributed by atoms with Crippen LogP contribution in [-0.2, 0) is 38.0 Å². The van der Waals surface area contributed by atoms with Crippen LogP contribution in [0.2, 0.25) is 0 Å². The summed E-state index contributed by atoms with van der Waals surface area (Å²) in [6, 6.07) is 0. The van der Waals surface area contributed by atoms with E-state index in [1.165, 1.54) is 13.8 Å². The van der Waals surface area contributed by atoms with Crippen LogP contribution < -0.4 is 0 Å². The van der Waals surface area contributed by atoms with Crippen molar-refractivity contribution in [2.75, 3.05) is 20.3 Å². The predicted octanol–water partition coefficient (Wildman–Crippen LogP) is 1.76. The van der Waals surface area contributed by atoms with Gasteiger partial charge in [0, 0.05) is 31.8 Å². The van der Waals surface area contributed by atoms with Crippen LogP contribution in [0.5, 0.6) is 0 Å². The number of ether oxygens (including phenoxy) is 7. The van der Waals surface area contributed by atoms with Crippen molar-refractivity contribution in [1.82, 2.24) is 0 Å². The molecule has 57 heavy (non-hydrogen) atoms. The van der Waals surface area contributed by atoms with Crippen molar-refractivity contribution in [3.8, 4) is 0 Å². The van der Waals surface area contributed by atoms with Crippen LogP contribution in [0.4, 0.5) is 0 Å². The number of esters is 1. The molecule has 0 aromatic heterocycles. The monoisotopic (exact) mass is 814 g/mol. The molecule has 328 valence electrons. The summed E-state index contributed by atoms with van der Waals surface area (Å²) in [6.45, 7) is 11.6. The molecule has 4 aliphatic carbocycles. The van der Waals surface area contributed by atoms with Gasteiger partial charge >= 0.3 is 5.97 Å². The molecular formula is C42H70O15. The quantitative estimate of drug-likeness (QED) is 0.117. The average Bonchev–Trinajstić information content (AvgIpc) is 3.55. The Morgan fingerprint density at radius 2 is 1.60 bits per heavy atom. The van der Waals surface area contributed by atoms with Gasteiger partial charge in [0.05, 0.1) is 31.5 Å². The molecule has 0 bridgehead atoms. The van der Waals surface area contributed by atoms with Crippen molar-refractivity contribution in [1.29, 1.82) is 0 Å². The topological polar surface area (TPSA) is 223 Å². The van der Waals surface area contributed by atoms with E-state index in [1.54, 1.807) is 7.11 Å². The Morgan fingerprint density at radius 3 is 2.28 bits per heavy atom. The number of hydrogen-bond acceptors (Lipinski definition) is 15. The van der Waals surface area contributed by atoms with E-state index in [1.807, 2.05) is 6.92 Å². The van der Waals surface area contributed by atoms with Crippen molar-refractivity contribution in [2.45, 2.75) is 191 Å². The lowest BCUT2D eigenvalue weighted by Crippen LogP contribution is -2.64. The van der Waals surface area contributed by atoms with E-state index >= 15 is 0 Å². The minimum Gasteiger partial charge on any atom is -0.466 e. The van der Waals surface area contributed by atoms with E-state index in [0.29, 0.717) is 36.7 Å². The highest BCUT2D eigenvalue weighted by Gasteiger charge is 2.76. The summed E-state index contributed by atoms with van der Waals surface area (Å²) < 4.78 is 42.4. The fraction of sp³-hybridized carbons (Fsp3) is 0.976. The maximum Gasteiger partial charge on any atom is 0.302 e. The van der Waals surface area contributed by atoms with Crippen molar-refractivity contribution in [2.24, 2.45) is 46.3 Å². The lowest BCUT2D eigenvalue weighted by molar-refractivity contribution is -0.371. The summed E-state index contributed by atoms with van der Waals surface area (Å²) in [7, 11) is 1.67. The first kappa shape index (κ1) is 44.0. The van der Waals surface area contributed by atoms with Gasteiger partial charge in [0.25, 0.3) is 0 Å². The molecule has 7 rings (SSSR count). The van der Waals surface area contributed by atoms with Crippen LogP contribution in [0.25, 0.3) is 0 Å². The zero-order valence-electron chi connectivity index (χ0n) is 34.8. The molecule has 15 nitrogen and oxygen atoms in total. The van der Waals surface area contributed by atoms with E-state index in [-0.39, 0.29) is 40.8 Å². The molecule has 3 heterocycles. The van der Waals surface area contributed by atoms with Crippen molar-refractivity contribution in [3.05, 3.63) is 0 Å². The zero-order chi connectivity index (χ0) is 41.4. The third-order valence-corrected chi connectivity index (χ3v) is 16.7. The van der Waals surface area contributed by atoms with Gasteiger partial charge in [-0.25, -0.2) is 0 Å². The lowest BCUT2D eigenvalue weighted by Gasteiger charge is -2.62. The summed E-state index contributed by atoms with van der Waals surface area (Å²) >= 11 is 0. The Kier molecular flexibility index (Phi) is 12.6. The highest BCUT2D eigenvalue weighted by atomic mass is 16.8. The van der Waals surface area contributed by atoms with E-state index in [4.69, 9.17) is 33.2 Å². The van der Waals surface area contributed by atoms with E-state index in [0.717, 1.165) is 57.8 Å². The first-order chi connectivity index (χ1) is 26.8. The smallest absolute Gasteiger partial charge is 0.302 e. The van der Waals surface area contributed by atoms with Crippen molar-refractivity contribution >= 4 is 5.97 Å². The number of aliphatic hydroxyl groups is 7. The number of rotatable bonds is 11. The van der Waals surface area contributed by atoms with Gasteiger partial charge < -0.3 is 68.9 Å². The zero-order valence-corrected chi connectivity index (χ0v) is 34.8. The van der Waals surface area contributed by atoms with Gasteiger partial charge in [-0.2, -0.15) is 0 Å². The van der Waals surface area contributed by atoms with E-state index in [2.05, 4.69) is 20.8 Å². The fourth-order valence-corrected chi connectivity index (χ4v) is 13.1. The third-order valence-electron chi connectivity index (χ3n) is 16.7. The minimum atomic E-state index is -1.63. The molecule has 3 saturated heterocycles. The molecule has 3 aliphatic heterocycles. The normalized spacial score (nSPS) is 54.0. The maximum atomic E-state index is 12.9. The van der Waals surface area contributed by atoms with Gasteiger partial charge in [-0.3, -0.25) is 4.79 Å². The largest absolute Gasteiger partial charge is 0.466 e. The number of hydrogen-bond donors (Lipinski definition) is 7. The van der Waals surface area contributed by atoms with Crippen molar-refractivity contribution < 1.29 is 73.7 Å². The second-order valence-electron chi connectivity index (χ2n) is 19.5. The van der Waals surface area contributed by atoms with E-state index < -0.39 is 79.4 Å². The second kappa shape index (κ2) is 16.3. The molecule has 0 amide bonds.